The lowest BCUT2D eigenvalue weighted by atomic mass is 9.55. The normalized spacial score (nSPS) is 42.4. The Balaban J connectivity index is 1.76. The molecule has 4 bridgehead atoms. The summed E-state index contributed by atoms with van der Waals surface area (Å²) in [7, 11) is 1.42. The number of methoxy groups -OCH3 is 1. The molecule has 4 aliphatic heterocycles. The predicted octanol–water partition coefficient (Wildman–Crippen LogP) is 2.16. The molecule has 1 aliphatic carbocycles. The molecule has 0 aromatic heterocycles. The van der Waals surface area contributed by atoms with Crippen LogP contribution in [0.15, 0.2) is 35.9 Å². The second kappa shape index (κ2) is 5.82. The van der Waals surface area contributed by atoms with Crippen molar-refractivity contribution in [2.45, 2.75) is 49.9 Å². The Bertz CT molecular complexity index is 922. The zero-order valence-electron chi connectivity index (χ0n) is 16.2. The van der Waals surface area contributed by atoms with Crippen LogP contribution in [0.2, 0.25) is 0 Å². The molecular formula is C22H25N3O3. The number of hydrogen-bond acceptors (Lipinski definition) is 6. The number of ether oxygens (including phenoxy) is 1. The summed E-state index contributed by atoms with van der Waals surface area (Å²) in [5.41, 5.74) is 0.783. The Kier molecular flexibility index (Phi) is 3.68. The number of esters is 1. The van der Waals surface area contributed by atoms with Gasteiger partial charge in [-0.05, 0) is 25.3 Å². The molecule has 5 aliphatic rings. The number of nitriles is 1. The molecular weight excluding hydrogens is 354 g/mol. The zero-order chi connectivity index (χ0) is 19.7. The van der Waals surface area contributed by atoms with E-state index in [2.05, 4.69) is 29.3 Å². The van der Waals surface area contributed by atoms with Gasteiger partial charge in [-0.3, -0.25) is 9.69 Å². The van der Waals surface area contributed by atoms with Gasteiger partial charge in [0.1, 0.15) is 17.1 Å². The van der Waals surface area contributed by atoms with Gasteiger partial charge >= 0.3 is 5.97 Å². The van der Waals surface area contributed by atoms with Crippen LogP contribution in [-0.2, 0) is 15.1 Å². The lowest BCUT2D eigenvalue weighted by Crippen LogP contribution is -2.69. The minimum absolute atomic E-state index is 0.0445. The third kappa shape index (κ3) is 1.91. The molecule has 7 atom stereocenters. The molecule has 146 valence electrons. The molecule has 28 heavy (non-hydrogen) atoms. The van der Waals surface area contributed by atoms with Crippen molar-refractivity contribution in [2.24, 2.45) is 11.3 Å². The first-order valence-corrected chi connectivity index (χ1v) is 10.0. The maximum absolute atomic E-state index is 13.4. The third-order valence-electron chi connectivity index (χ3n) is 7.48. The van der Waals surface area contributed by atoms with E-state index in [1.165, 1.54) is 12.7 Å². The van der Waals surface area contributed by atoms with Crippen molar-refractivity contribution < 1.29 is 14.6 Å². The van der Waals surface area contributed by atoms with Crippen molar-refractivity contribution in [1.29, 1.82) is 5.26 Å². The first kappa shape index (κ1) is 17.7. The second-order valence-electron chi connectivity index (χ2n) is 8.51. The van der Waals surface area contributed by atoms with Gasteiger partial charge in [0.15, 0.2) is 0 Å². The van der Waals surface area contributed by atoms with E-state index in [0.717, 1.165) is 17.7 Å². The Morgan fingerprint density at radius 1 is 1.46 bits per heavy atom. The Labute approximate surface area is 164 Å². The van der Waals surface area contributed by atoms with Gasteiger partial charge in [0.05, 0.1) is 25.3 Å². The van der Waals surface area contributed by atoms with Crippen LogP contribution in [0.1, 0.15) is 31.7 Å². The molecule has 2 unspecified atom stereocenters. The van der Waals surface area contributed by atoms with Gasteiger partial charge < -0.3 is 15.2 Å². The second-order valence-corrected chi connectivity index (χ2v) is 8.51. The number of carbonyl (C=O) groups is 1. The highest BCUT2D eigenvalue weighted by Gasteiger charge is 2.70. The number of nitrogens with one attached hydrogen (secondary N) is 1. The number of benzene rings is 1. The SMILES string of the molecule is CCC1=C[C@H]2C[C@@]3(C(=O)OC)C4Nc5ccccc5[C@]4(O)CCN([C@H]2C#N)[C@H]13. The minimum Gasteiger partial charge on any atom is -0.468 e. The fraction of sp³-hybridized carbons (Fsp3) is 0.545. The molecule has 0 spiro atoms. The first-order valence-electron chi connectivity index (χ1n) is 10.0. The summed E-state index contributed by atoms with van der Waals surface area (Å²) in [6.07, 6.45) is 3.99. The molecule has 2 N–H and O–H groups in total. The highest BCUT2D eigenvalue weighted by molar-refractivity contribution is 5.83. The quantitative estimate of drug-likeness (QED) is 0.605. The van der Waals surface area contributed by atoms with Crippen molar-refractivity contribution in [2.75, 3.05) is 19.0 Å². The highest BCUT2D eigenvalue weighted by atomic mass is 16.5. The van der Waals surface area contributed by atoms with E-state index in [1.54, 1.807) is 0 Å². The van der Waals surface area contributed by atoms with Crippen LogP contribution in [0.3, 0.4) is 0 Å². The van der Waals surface area contributed by atoms with Crippen molar-refractivity contribution in [3.05, 3.63) is 41.5 Å². The fourth-order valence-corrected chi connectivity index (χ4v) is 6.45. The topological polar surface area (TPSA) is 85.6 Å². The average molecular weight is 379 g/mol. The lowest BCUT2D eigenvalue weighted by molar-refractivity contribution is -0.169. The van der Waals surface area contributed by atoms with Gasteiger partial charge in [0.2, 0.25) is 0 Å². The largest absolute Gasteiger partial charge is 0.468 e. The number of fused-ring (bicyclic) bond motifs is 3. The molecule has 6 nitrogen and oxygen atoms in total. The van der Waals surface area contributed by atoms with E-state index in [1.807, 2.05) is 24.3 Å². The van der Waals surface area contributed by atoms with Gasteiger partial charge in [0.25, 0.3) is 0 Å². The zero-order valence-corrected chi connectivity index (χ0v) is 16.2. The molecule has 0 amide bonds. The van der Waals surface area contributed by atoms with Crippen molar-refractivity contribution in [3.63, 3.8) is 0 Å². The van der Waals surface area contributed by atoms with Crippen LogP contribution in [0, 0.1) is 22.7 Å². The summed E-state index contributed by atoms with van der Waals surface area (Å²) >= 11 is 0. The Morgan fingerprint density at radius 3 is 2.96 bits per heavy atom. The number of para-hydroxylation sites is 1. The molecule has 4 heterocycles. The molecule has 0 radical (unpaired) electrons. The highest BCUT2D eigenvalue weighted by Crippen LogP contribution is 2.61. The van der Waals surface area contributed by atoms with Gasteiger partial charge in [0, 0.05) is 23.7 Å². The van der Waals surface area contributed by atoms with E-state index in [4.69, 9.17) is 4.74 Å². The van der Waals surface area contributed by atoms with E-state index >= 15 is 0 Å². The fourth-order valence-electron chi connectivity index (χ4n) is 6.45. The van der Waals surface area contributed by atoms with E-state index in [-0.39, 0.29) is 24.0 Å². The van der Waals surface area contributed by atoms with Crippen molar-refractivity contribution in [1.82, 2.24) is 4.90 Å². The Hall–Kier alpha value is -2.36. The monoisotopic (exact) mass is 379 g/mol. The summed E-state index contributed by atoms with van der Waals surface area (Å²) in [6, 6.07) is 9.23. The summed E-state index contributed by atoms with van der Waals surface area (Å²) in [5.74, 6) is -0.342. The van der Waals surface area contributed by atoms with E-state index in [0.29, 0.717) is 19.4 Å². The number of anilines is 1. The van der Waals surface area contributed by atoms with Gasteiger partial charge in [-0.2, -0.15) is 5.26 Å². The van der Waals surface area contributed by atoms with Crippen LogP contribution in [0.4, 0.5) is 5.69 Å². The molecule has 6 heteroatoms. The average Bonchev–Trinajstić information content (AvgIpc) is 2.99. The first-order chi connectivity index (χ1) is 13.5. The van der Waals surface area contributed by atoms with Crippen LogP contribution < -0.4 is 5.32 Å². The number of rotatable bonds is 2. The molecule has 0 saturated carbocycles. The summed E-state index contributed by atoms with van der Waals surface area (Å²) in [6.45, 7) is 2.66. The smallest absolute Gasteiger partial charge is 0.316 e. The van der Waals surface area contributed by atoms with Crippen LogP contribution in [-0.4, -0.2) is 47.8 Å². The lowest BCUT2D eigenvalue weighted by Gasteiger charge is -2.58. The maximum atomic E-state index is 13.4. The molecule has 2 saturated heterocycles. The van der Waals surface area contributed by atoms with Crippen LogP contribution >= 0.6 is 0 Å². The van der Waals surface area contributed by atoms with Gasteiger partial charge in [-0.25, -0.2) is 0 Å². The number of aliphatic hydroxyl groups is 1. The minimum atomic E-state index is -1.18. The maximum Gasteiger partial charge on any atom is 0.316 e. The molecule has 1 aromatic rings. The van der Waals surface area contributed by atoms with Crippen LogP contribution in [0.5, 0.6) is 0 Å². The van der Waals surface area contributed by atoms with Crippen molar-refractivity contribution in [3.8, 4) is 6.07 Å². The Morgan fingerprint density at radius 2 is 2.25 bits per heavy atom. The van der Waals surface area contributed by atoms with Crippen LogP contribution in [0.25, 0.3) is 0 Å². The van der Waals surface area contributed by atoms with E-state index in [9.17, 15) is 15.2 Å². The predicted molar refractivity (Wildman–Crippen MR) is 103 cm³/mol. The standard InChI is InChI=1S/C22H25N3O3/c1-3-13-10-14-11-21(20(26)28-2)18(13)25(17(14)12-23)9-8-22(27)15-6-4-5-7-16(15)24-19(21)22/h4-7,10,14,17-19,24,27H,3,8-9,11H2,1-2H3/t14-,17-,18+,19?,21-,22+/m0/s1. The van der Waals surface area contributed by atoms with Gasteiger partial charge in [-0.1, -0.05) is 36.8 Å². The van der Waals surface area contributed by atoms with E-state index < -0.39 is 17.1 Å². The number of piperidine rings is 1. The number of carbonyl (C=O) groups excluding carboxylic acids is 1. The molecule has 1 aromatic carbocycles. The number of nitrogens with zero attached hydrogens (tertiary/aromatic N) is 2. The van der Waals surface area contributed by atoms with Gasteiger partial charge in [-0.15, -0.1) is 0 Å². The summed E-state index contributed by atoms with van der Waals surface area (Å²) < 4.78 is 5.36. The summed E-state index contributed by atoms with van der Waals surface area (Å²) in [5, 5.41) is 25.3. The molecule has 6 rings (SSSR count). The molecule has 2 fully saturated rings. The summed E-state index contributed by atoms with van der Waals surface area (Å²) in [4.78, 5) is 15.6. The van der Waals surface area contributed by atoms with Crippen molar-refractivity contribution >= 4 is 11.7 Å². The number of hydrogen-bond donors (Lipinski definition) is 2. The third-order valence-corrected chi connectivity index (χ3v) is 7.48.